The van der Waals surface area contributed by atoms with Gasteiger partial charge in [0.15, 0.2) is 37.7 Å². The fourth-order valence-corrected chi connectivity index (χ4v) is 10.1. The molecular formula is C44H74N4O31. The Bertz CT molecular complexity index is 1990. The van der Waals surface area contributed by atoms with Crippen molar-refractivity contribution in [2.24, 2.45) is 0 Å². The molecule has 0 unspecified atom stereocenters. The Morgan fingerprint density at radius 2 is 0.570 bits per heavy atom. The summed E-state index contributed by atoms with van der Waals surface area (Å²) in [4.78, 5) is 49.4. The number of amides is 4. The van der Waals surface area contributed by atoms with E-state index in [0.29, 0.717) is 0 Å². The molecule has 0 aliphatic carbocycles. The van der Waals surface area contributed by atoms with Crippen LogP contribution in [0.5, 0.6) is 0 Å². The van der Waals surface area contributed by atoms with Gasteiger partial charge in [0.25, 0.3) is 0 Å². The molecule has 35 nitrogen and oxygen atoms in total. The molecule has 0 spiro atoms. The van der Waals surface area contributed by atoms with E-state index >= 15 is 0 Å². The fraction of sp³-hybridized carbons (Fsp3) is 0.909. The Morgan fingerprint density at radius 1 is 0.304 bits per heavy atom. The van der Waals surface area contributed by atoms with Crippen molar-refractivity contribution in [3.63, 3.8) is 0 Å². The van der Waals surface area contributed by atoms with E-state index in [1.54, 1.807) is 0 Å². The number of ether oxygens (including phenoxy) is 11. The average Bonchev–Trinajstić information content (AvgIpc) is 3.50. The van der Waals surface area contributed by atoms with Gasteiger partial charge in [-0.05, 0) is 0 Å². The second-order valence-corrected chi connectivity index (χ2v) is 19.7. The quantitative estimate of drug-likeness (QED) is 0.0538. The first-order valence-corrected chi connectivity index (χ1v) is 25.1. The SMILES string of the molecule is CC(=O)N[C@@H]1[C@@H](O[C@@H]2O[C@H](CO)[C@@H](O[C@@H]3O[C@H](CO)[C@H](O)[C@H](O[C@@H]4O[C@H](CO)[C@@H](O[C@@H]5O[C@H](CO)[C@H](O)[C@H](O[C@@H]6O[C@H](CO)[C@@H](O)[C@H](O)[C@H]6NC(C)=O)[C@H]5O)[C@H](O)[C@H]4NC(C)=O)[C@H]3O)[C@H](O)[C@H]2NC(C)=O)[C@@H](O)[C@@H](CO)O[C@@H]1O. The van der Waals surface area contributed by atoms with Gasteiger partial charge in [-0.2, -0.15) is 0 Å². The number of carbonyl (C=O) groups is 4. The lowest BCUT2D eigenvalue weighted by molar-refractivity contribution is -0.384. The van der Waals surface area contributed by atoms with Crippen molar-refractivity contribution in [3.8, 4) is 0 Å². The predicted molar refractivity (Wildman–Crippen MR) is 246 cm³/mol. The summed E-state index contributed by atoms with van der Waals surface area (Å²) in [6, 6.07) is -6.66. The summed E-state index contributed by atoms with van der Waals surface area (Å²) in [7, 11) is 0. The molecule has 6 heterocycles. The number of aliphatic hydroxyl groups is 16. The molecule has 0 bridgehead atoms. The van der Waals surface area contributed by atoms with Crippen LogP contribution in [-0.2, 0) is 71.3 Å². The minimum absolute atomic E-state index is 0.729. The van der Waals surface area contributed by atoms with Gasteiger partial charge < -0.3 is 155 Å². The molecule has 20 N–H and O–H groups in total. The van der Waals surface area contributed by atoms with Crippen LogP contribution in [0.2, 0.25) is 0 Å². The maximum atomic E-state index is 12.7. The zero-order valence-corrected chi connectivity index (χ0v) is 42.8. The van der Waals surface area contributed by atoms with E-state index in [-0.39, 0.29) is 0 Å². The van der Waals surface area contributed by atoms with Crippen LogP contribution in [0.1, 0.15) is 27.7 Å². The molecule has 6 fully saturated rings. The van der Waals surface area contributed by atoms with Gasteiger partial charge in [-0.15, -0.1) is 0 Å². The van der Waals surface area contributed by atoms with Crippen LogP contribution in [0.15, 0.2) is 0 Å². The largest absolute Gasteiger partial charge is 0.394 e. The number of rotatable bonds is 20. The summed E-state index contributed by atoms with van der Waals surface area (Å²) >= 11 is 0. The molecule has 0 aromatic heterocycles. The molecule has 0 aromatic carbocycles. The molecule has 6 saturated heterocycles. The van der Waals surface area contributed by atoms with Crippen molar-refractivity contribution in [1.29, 1.82) is 0 Å². The zero-order valence-electron chi connectivity index (χ0n) is 42.8. The average molecular weight is 1160 g/mol. The molecule has 4 amide bonds. The van der Waals surface area contributed by atoms with Gasteiger partial charge in [-0.25, -0.2) is 0 Å². The number of aliphatic hydroxyl groups excluding tert-OH is 16. The first-order valence-electron chi connectivity index (χ1n) is 25.1. The Morgan fingerprint density at radius 3 is 0.924 bits per heavy atom. The topological polar surface area (TPSA) is 542 Å². The highest BCUT2D eigenvalue weighted by Gasteiger charge is 2.58. The standard InChI is InChI=1S/C44H74N4O31/c1-11(55)45-21-29(63)25(59)15(5-49)70-40(21)78-37-27(61)17(7-51)71-43(32(37)66)76-35-20(10-54)74-42(23(31(35)65)47-13(3)57)79-38-28(62)18(8-52)72-44(33(38)67)75-34-19(9-53)73-41(22(30(34)64)46-12(2)56)77-36-24(48-14(4)58)39(68)69-16(6-50)26(36)60/h15-44,49-54,59-68H,5-10H2,1-4H3,(H,45,55)(H,46,56)(H,47,57)(H,48,58)/t15-,16-,17-,18-,19-,20-,21-,22-,23-,24-,25-,26+,27+,28+,29-,30-,31-,32-,33-,34-,35-,36-,37+,38+,39+,40+,41+,42+,43+,44+/m1/s1. The van der Waals surface area contributed by atoms with Gasteiger partial charge in [0.2, 0.25) is 23.6 Å². The molecule has 456 valence electrons. The number of hydrogen-bond donors (Lipinski definition) is 20. The third-order valence-corrected chi connectivity index (χ3v) is 14.0. The second kappa shape index (κ2) is 28.4. The number of nitrogens with one attached hydrogen (secondary N) is 4. The molecule has 0 aromatic rings. The monoisotopic (exact) mass is 1150 g/mol. The van der Waals surface area contributed by atoms with Gasteiger partial charge in [-0.3, -0.25) is 19.2 Å². The Balaban J connectivity index is 1.22. The first kappa shape index (κ1) is 65.0. The maximum absolute atomic E-state index is 12.7. The van der Waals surface area contributed by atoms with Crippen LogP contribution in [0.4, 0.5) is 0 Å². The van der Waals surface area contributed by atoms with Gasteiger partial charge >= 0.3 is 0 Å². The van der Waals surface area contributed by atoms with Crippen molar-refractivity contribution in [2.45, 2.75) is 212 Å². The van der Waals surface area contributed by atoms with Crippen LogP contribution >= 0.6 is 0 Å². The van der Waals surface area contributed by atoms with Gasteiger partial charge in [0, 0.05) is 27.7 Å². The summed E-state index contributed by atoms with van der Waals surface area (Å²) < 4.78 is 63.6. The smallest absolute Gasteiger partial charge is 0.217 e. The lowest BCUT2D eigenvalue weighted by atomic mass is 9.93. The third kappa shape index (κ3) is 14.6. The van der Waals surface area contributed by atoms with Crippen LogP contribution < -0.4 is 21.3 Å². The highest BCUT2D eigenvalue weighted by Crippen LogP contribution is 2.37. The van der Waals surface area contributed by atoms with E-state index in [1.165, 1.54) is 0 Å². The number of carbonyl (C=O) groups excluding carboxylic acids is 4. The lowest BCUT2D eigenvalue weighted by Crippen LogP contribution is -2.71. The minimum Gasteiger partial charge on any atom is -0.394 e. The third-order valence-electron chi connectivity index (χ3n) is 14.0. The van der Waals surface area contributed by atoms with Crippen LogP contribution in [0.3, 0.4) is 0 Å². The van der Waals surface area contributed by atoms with E-state index in [0.717, 1.165) is 27.7 Å². The highest BCUT2D eigenvalue weighted by molar-refractivity contribution is 5.74. The molecule has 30 atom stereocenters. The molecule has 79 heavy (non-hydrogen) atoms. The number of hydrogen-bond acceptors (Lipinski definition) is 31. The van der Waals surface area contributed by atoms with Crippen molar-refractivity contribution >= 4 is 23.6 Å². The normalized spacial score (nSPS) is 46.7. The lowest BCUT2D eigenvalue weighted by Gasteiger charge is -2.51. The first-order chi connectivity index (χ1) is 37.3. The van der Waals surface area contributed by atoms with Gasteiger partial charge in [-0.1, -0.05) is 0 Å². The minimum atomic E-state index is -2.23. The Hall–Kier alpha value is -3.20. The molecule has 6 aliphatic rings. The summed E-state index contributed by atoms with van der Waals surface area (Å²) in [6.07, 6.45) is -48.8. The van der Waals surface area contributed by atoms with E-state index in [1.807, 2.05) is 0 Å². The Labute approximate surface area is 448 Å². The van der Waals surface area contributed by atoms with Crippen molar-refractivity contribution in [1.82, 2.24) is 21.3 Å². The molecule has 6 rings (SSSR count). The summed E-state index contributed by atoms with van der Waals surface area (Å²) in [5.74, 6) is -3.17. The van der Waals surface area contributed by atoms with E-state index in [2.05, 4.69) is 21.3 Å². The summed E-state index contributed by atoms with van der Waals surface area (Å²) in [5.41, 5.74) is 0. The fourth-order valence-electron chi connectivity index (χ4n) is 10.1. The molecule has 0 saturated carbocycles. The molecular weight excluding hydrogens is 1080 g/mol. The highest BCUT2D eigenvalue weighted by atomic mass is 16.8. The van der Waals surface area contributed by atoms with Crippen molar-refractivity contribution in [3.05, 3.63) is 0 Å². The van der Waals surface area contributed by atoms with Crippen LogP contribution in [-0.4, -0.2) is 329 Å². The summed E-state index contributed by atoms with van der Waals surface area (Å²) in [5, 5.41) is 184. The van der Waals surface area contributed by atoms with E-state index in [9.17, 15) is 101 Å². The molecule has 6 aliphatic heterocycles. The van der Waals surface area contributed by atoms with Crippen LogP contribution in [0, 0.1) is 0 Å². The predicted octanol–water partition coefficient (Wildman–Crippen LogP) is -13.5. The van der Waals surface area contributed by atoms with Crippen molar-refractivity contribution < 1.29 is 153 Å². The van der Waals surface area contributed by atoms with Crippen molar-refractivity contribution in [2.75, 3.05) is 39.6 Å². The van der Waals surface area contributed by atoms with E-state index in [4.69, 9.17) is 52.1 Å². The van der Waals surface area contributed by atoms with E-state index < -0.39 is 247 Å². The van der Waals surface area contributed by atoms with Crippen LogP contribution in [0.25, 0.3) is 0 Å². The molecule has 35 heteroatoms. The van der Waals surface area contributed by atoms with Gasteiger partial charge in [0.05, 0.1) is 39.6 Å². The maximum Gasteiger partial charge on any atom is 0.217 e. The zero-order chi connectivity index (χ0) is 58.5. The Kier molecular flexibility index (Phi) is 23.3. The summed E-state index contributed by atoms with van der Waals surface area (Å²) in [6.45, 7) is -1.71. The second-order valence-electron chi connectivity index (χ2n) is 19.7. The van der Waals surface area contributed by atoms with Gasteiger partial charge in [0.1, 0.15) is 146 Å². The molecule has 0 radical (unpaired) electrons.